The molecule has 0 radical (unpaired) electrons. The van der Waals surface area contributed by atoms with Crippen molar-refractivity contribution in [2.75, 3.05) is 48.1 Å². The highest BCUT2D eigenvalue weighted by Gasteiger charge is 2.54. The Kier molecular flexibility index (Phi) is 20.0. The molecule has 0 aliphatic carbocycles. The van der Waals surface area contributed by atoms with Crippen molar-refractivity contribution in [1.82, 2.24) is 30.0 Å². The number of nitrogens with one attached hydrogen (secondary N) is 4. The maximum atomic E-state index is 12.9. The van der Waals surface area contributed by atoms with Gasteiger partial charge in [-0.1, -0.05) is 53.0 Å². The summed E-state index contributed by atoms with van der Waals surface area (Å²) in [6.45, 7) is 1.12. The molecule has 2 amide bonds. The topological polar surface area (TPSA) is 393 Å². The summed E-state index contributed by atoms with van der Waals surface area (Å²) in [5.74, 6) is -1.73. The van der Waals surface area contributed by atoms with E-state index in [1.165, 1.54) is 36.0 Å². The predicted molar refractivity (Wildman–Crippen MR) is 275 cm³/mol. The predicted octanol–water partition coefficient (Wildman–Crippen LogP) is 1.73. The van der Waals surface area contributed by atoms with Crippen molar-refractivity contribution in [3.05, 3.63) is 102 Å². The van der Waals surface area contributed by atoms with Gasteiger partial charge in [0.15, 0.2) is 16.0 Å². The molecule has 372 valence electrons. The molecule has 0 unspecified atom stereocenters. The second-order valence-electron chi connectivity index (χ2n) is 14.5. The number of oxime groups is 1. The Labute approximate surface area is 421 Å². The fraction of sp³-hybridized carbons (Fsp3) is 0.300. The molecule has 4 heterocycles. The van der Waals surface area contributed by atoms with Crippen LogP contribution in [-0.4, -0.2) is 120 Å². The maximum Gasteiger partial charge on any atom is 0.352 e. The van der Waals surface area contributed by atoms with Gasteiger partial charge in [0.2, 0.25) is 23.8 Å². The molecule has 30 heteroatoms. The molecular formula is C40H48Cl2N18O7S3. The minimum atomic E-state index is -1.31. The SMILES string of the molecule is CO/N=C(\C(=O)N[C@@H]1C(=O)N2C(C(=O)O)=C(CSc3nc(=O)c(=O)[nH]n3C)CS[C@H]12)c1csc(N)n1.NC(=NCCCCCCN=C(N)N=C(N)Nc1ccc(Cl)cc1)N=C(N)Nc1ccc(Cl)cc1. The summed E-state index contributed by atoms with van der Waals surface area (Å²) in [6, 6.07) is 13.1. The van der Waals surface area contributed by atoms with E-state index in [0.717, 1.165) is 65.1 Å². The van der Waals surface area contributed by atoms with Gasteiger partial charge in [-0.3, -0.25) is 43.8 Å². The average molecular weight is 1060 g/mol. The lowest BCUT2D eigenvalue weighted by Crippen LogP contribution is -2.71. The Morgan fingerprint density at radius 2 is 1.46 bits per heavy atom. The third-order valence-electron chi connectivity index (χ3n) is 9.34. The number of aromatic amines is 1. The van der Waals surface area contributed by atoms with Crippen LogP contribution in [0.15, 0.2) is 105 Å². The number of anilines is 3. The number of H-pyrrole nitrogens is 1. The number of unbranched alkanes of at least 4 members (excludes halogenated alkanes) is 3. The van der Waals surface area contributed by atoms with Crippen LogP contribution >= 0.6 is 58.1 Å². The lowest BCUT2D eigenvalue weighted by Gasteiger charge is -2.49. The van der Waals surface area contributed by atoms with Crippen LogP contribution in [0.25, 0.3) is 0 Å². The molecule has 2 aromatic carbocycles. The fourth-order valence-corrected chi connectivity index (χ4v) is 9.34. The van der Waals surface area contributed by atoms with Gasteiger partial charge >= 0.3 is 17.1 Å². The van der Waals surface area contributed by atoms with E-state index < -0.39 is 40.3 Å². The molecule has 25 nitrogen and oxygen atoms in total. The number of aliphatic carboxylic acids is 1. The van der Waals surface area contributed by atoms with E-state index in [2.05, 4.69) is 56.1 Å². The van der Waals surface area contributed by atoms with Gasteiger partial charge < -0.3 is 54.6 Å². The van der Waals surface area contributed by atoms with Gasteiger partial charge in [-0.2, -0.15) is 15.0 Å². The molecule has 1 saturated heterocycles. The molecule has 0 spiro atoms. The molecule has 70 heavy (non-hydrogen) atoms. The van der Waals surface area contributed by atoms with Crippen LogP contribution in [0.4, 0.5) is 16.5 Å². The summed E-state index contributed by atoms with van der Waals surface area (Å²) in [5, 5.41) is 26.8. The van der Waals surface area contributed by atoms with Crippen LogP contribution < -0.4 is 55.7 Å². The molecule has 4 aromatic rings. The monoisotopic (exact) mass is 1060 g/mol. The van der Waals surface area contributed by atoms with Gasteiger partial charge in [-0.25, -0.2) is 9.78 Å². The number of benzene rings is 2. The van der Waals surface area contributed by atoms with Gasteiger partial charge in [0.05, 0.1) is 0 Å². The average Bonchev–Trinajstić information content (AvgIpc) is 3.75. The minimum absolute atomic E-state index is 0.102. The van der Waals surface area contributed by atoms with Crippen molar-refractivity contribution in [3.63, 3.8) is 0 Å². The Bertz CT molecular complexity index is 2750. The van der Waals surface area contributed by atoms with Crippen molar-refractivity contribution in [1.29, 1.82) is 0 Å². The number of carboxylic acid groups (broad SMARTS) is 1. The van der Waals surface area contributed by atoms with Crippen LogP contribution in [0, 0.1) is 0 Å². The quantitative estimate of drug-likeness (QED) is 0.0137. The highest BCUT2D eigenvalue weighted by Crippen LogP contribution is 2.41. The van der Waals surface area contributed by atoms with E-state index in [1.807, 2.05) is 0 Å². The fourth-order valence-electron chi connectivity index (χ4n) is 6.14. The Hall–Kier alpha value is -7.14. The number of thioether (sulfide) groups is 2. The number of amides is 2. The number of carboxylic acids is 1. The number of thiazole rings is 1. The first-order chi connectivity index (χ1) is 33.4. The van der Waals surface area contributed by atoms with Crippen LogP contribution in [0.5, 0.6) is 0 Å². The number of fused-ring (bicyclic) bond motifs is 1. The van der Waals surface area contributed by atoms with E-state index in [-0.39, 0.29) is 62.7 Å². The Morgan fingerprint density at radius 3 is 1.96 bits per heavy atom. The van der Waals surface area contributed by atoms with Gasteiger partial charge in [0, 0.05) is 58.4 Å². The number of β-lactam (4-membered cyclic amide) rings is 1. The van der Waals surface area contributed by atoms with Crippen molar-refractivity contribution in [2.24, 2.45) is 55.1 Å². The molecule has 15 N–H and O–H groups in total. The molecule has 6 rings (SSSR count). The number of nitrogen functional groups attached to an aromatic ring is 1. The van der Waals surface area contributed by atoms with Crippen LogP contribution in [0.3, 0.4) is 0 Å². The zero-order chi connectivity index (χ0) is 50.9. The van der Waals surface area contributed by atoms with Crippen molar-refractivity contribution >= 4 is 122 Å². The van der Waals surface area contributed by atoms with Gasteiger partial charge in [-0.15, -0.1) is 23.1 Å². The second kappa shape index (κ2) is 26.0. The summed E-state index contributed by atoms with van der Waals surface area (Å²) in [4.78, 5) is 90.7. The molecule has 1 fully saturated rings. The maximum absolute atomic E-state index is 12.9. The summed E-state index contributed by atoms with van der Waals surface area (Å²) >= 11 is 15.1. The van der Waals surface area contributed by atoms with Gasteiger partial charge in [-0.05, 0) is 66.9 Å². The van der Waals surface area contributed by atoms with E-state index in [0.29, 0.717) is 28.7 Å². The number of hydrogen-bond donors (Lipinski definition) is 10. The molecule has 2 aliphatic rings. The molecule has 0 bridgehead atoms. The number of aliphatic imine (C=N–C) groups is 4. The summed E-state index contributed by atoms with van der Waals surface area (Å²) < 4.78 is 1.25. The number of aryl methyl sites for hydroxylation is 1. The third-order valence-corrected chi connectivity index (χ3v) is 13.0. The first-order valence-electron chi connectivity index (χ1n) is 20.6. The van der Waals surface area contributed by atoms with Crippen LogP contribution in [0.2, 0.25) is 10.0 Å². The van der Waals surface area contributed by atoms with Crippen LogP contribution in [-0.2, 0) is 26.3 Å². The molecular weight excluding hydrogens is 1010 g/mol. The first-order valence-corrected chi connectivity index (χ1v) is 24.3. The number of nitrogens with zero attached hydrogens (tertiary/aromatic N) is 9. The van der Waals surface area contributed by atoms with Crippen LogP contribution in [0.1, 0.15) is 31.4 Å². The smallest absolute Gasteiger partial charge is 0.352 e. The molecule has 2 atom stereocenters. The largest absolute Gasteiger partial charge is 0.477 e. The summed E-state index contributed by atoms with van der Waals surface area (Å²) in [6.07, 6.45) is 3.68. The standard InChI is InChI=1S/C22H30Cl2N10.C18H18N8O7S3/c23-15-5-9-17(10-6-15)31-21(27)33-19(25)29-13-3-1-2-4-14-30-20(26)34-22(28)32-18-11-7-16(24)8-12-18;1-25-18(22-12(28)13(29)23-25)36-4-6-3-34-15-9(14(30)26(15)10(6)16(31)32)21-11(27)8(24-33-2)7-5-35-17(19)20-7/h5-12H,1-4,13-14H2,(H5,25,27,29,31,33)(H5,26,28,30,32,34);5,9,15H,3-4H2,1-2H3,(H2,19,20)(H,21,27)(H,23,29)(H,31,32)/b;24-8-/t;9-,15-/m.1/s1. The lowest BCUT2D eigenvalue weighted by molar-refractivity contribution is -0.150. The normalized spacial score (nSPS) is 16.4. The van der Waals surface area contributed by atoms with E-state index in [9.17, 15) is 29.1 Å². The van der Waals surface area contributed by atoms with Gasteiger partial charge in [0.25, 0.3) is 11.8 Å². The number of hydrogen-bond acceptors (Lipinski definition) is 15. The number of carbonyl (C=O) groups excluding carboxylic acids is 2. The highest BCUT2D eigenvalue weighted by molar-refractivity contribution is 8.01. The highest BCUT2D eigenvalue weighted by atomic mass is 35.5. The second-order valence-corrected chi connectivity index (χ2v) is 18.3. The van der Waals surface area contributed by atoms with Gasteiger partial charge in [0.1, 0.15) is 29.9 Å². The number of carbonyl (C=O) groups is 3. The van der Waals surface area contributed by atoms with E-state index in [4.69, 9.17) is 56.7 Å². The van der Waals surface area contributed by atoms with Crippen molar-refractivity contribution < 1.29 is 24.3 Å². The number of halogens is 2. The summed E-state index contributed by atoms with van der Waals surface area (Å²) in [5.41, 5.74) is 28.8. The Balaban J connectivity index is 0.000000261. The number of aromatic nitrogens is 4. The lowest BCUT2D eigenvalue weighted by atomic mass is 10.0. The zero-order valence-electron chi connectivity index (χ0n) is 37.3. The molecule has 2 aliphatic heterocycles. The number of rotatable bonds is 17. The van der Waals surface area contributed by atoms with Crippen molar-refractivity contribution in [2.45, 2.75) is 42.3 Å². The number of guanidine groups is 4. The van der Waals surface area contributed by atoms with Crippen molar-refractivity contribution in [3.8, 4) is 0 Å². The molecule has 2 aromatic heterocycles. The number of nitrogens with two attached hydrogens (primary N) is 5. The molecule has 0 saturated carbocycles. The first kappa shape index (κ1) is 53.8. The Morgan fingerprint density at radius 1 is 0.900 bits per heavy atom. The van der Waals surface area contributed by atoms with E-state index >= 15 is 0 Å². The zero-order valence-corrected chi connectivity index (χ0v) is 41.3. The van der Waals surface area contributed by atoms with E-state index in [1.54, 1.807) is 48.5 Å². The minimum Gasteiger partial charge on any atom is -0.477 e. The third kappa shape index (κ3) is 15.7. The summed E-state index contributed by atoms with van der Waals surface area (Å²) in [7, 11) is 2.74.